The number of carbonyl (C=O) groups excluding carboxylic acids is 1. The molecule has 0 unspecified atom stereocenters. The molecule has 26 heavy (non-hydrogen) atoms. The normalized spacial score (nSPS) is 19.9. The fraction of sp³-hybridized carbons (Fsp3) is 0.235. The van der Waals surface area contributed by atoms with Gasteiger partial charge in [0.2, 0.25) is 5.91 Å². The first-order valence-electron chi connectivity index (χ1n) is 7.31. The third kappa shape index (κ3) is 2.97. The van der Waals surface area contributed by atoms with Gasteiger partial charge in [-0.2, -0.15) is 13.2 Å². The van der Waals surface area contributed by atoms with Crippen LogP contribution in [0, 0.1) is 0 Å². The molecule has 1 amide bonds. The lowest BCUT2D eigenvalue weighted by atomic mass is 9.77. The van der Waals surface area contributed by atoms with E-state index in [9.17, 15) is 31.1 Å². The second-order valence-corrected chi connectivity index (χ2v) is 5.88. The summed E-state index contributed by atoms with van der Waals surface area (Å²) in [5, 5.41) is 2.24. The van der Waals surface area contributed by atoms with Crippen molar-refractivity contribution >= 4 is 11.6 Å². The third-order valence-corrected chi connectivity index (χ3v) is 4.27. The maximum absolute atomic E-state index is 13.2. The highest BCUT2D eigenvalue weighted by Gasteiger charge is 2.48. The highest BCUT2D eigenvalue weighted by molar-refractivity contribution is 6.09. The first kappa shape index (κ1) is 18.1. The average Bonchev–Trinajstić information content (AvgIpc) is 2.78. The zero-order valence-corrected chi connectivity index (χ0v) is 13.1. The molecule has 9 heteroatoms. The Balaban J connectivity index is 2.06. The Hall–Kier alpha value is -2.71. The minimum absolute atomic E-state index is 0.0989. The molecule has 1 atom stereocenters. The van der Waals surface area contributed by atoms with Crippen LogP contribution in [0.1, 0.15) is 23.6 Å². The lowest BCUT2D eigenvalue weighted by Crippen LogP contribution is -2.32. The molecule has 0 spiro atoms. The minimum Gasteiger partial charge on any atom is -0.406 e. The molecule has 0 radical (unpaired) electrons. The summed E-state index contributed by atoms with van der Waals surface area (Å²) in [4.78, 5) is 12.5. The Labute approximate surface area is 143 Å². The van der Waals surface area contributed by atoms with Crippen molar-refractivity contribution in [2.75, 3.05) is 5.32 Å². The topological polar surface area (TPSA) is 38.3 Å². The van der Waals surface area contributed by atoms with Crippen LogP contribution in [0.15, 0.2) is 42.5 Å². The Kier molecular flexibility index (Phi) is 3.93. The van der Waals surface area contributed by atoms with Crippen LogP contribution in [-0.4, -0.2) is 12.3 Å². The first-order valence-corrected chi connectivity index (χ1v) is 7.31. The van der Waals surface area contributed by atoms with E-state index in [-0.39, 0.29) is 16.8 Å². The maximum atomic E-state index is 13.2. The van der Waals surface area contributed by atoms with Crippen LogP contribution in [0.2, 0.25) is 0 Å². The van der Waals surface area contributed by atoms with E-state index in [1.165, 1.54) is 31.2 Å². The van der Waals surface area contributed by atoms with E-state index in [1.807, 2.05) is 0 Å². The maximum Gasteiger partial charge on any atom is 0.573 e. The van der Waals surface area contributed by atoms with Crippen LogP contribution >= 0.6 is 0 Å². The molecule has 1 aliphatic rings. The molecule has 0 fully saturated rings. The third-order valence-electron chi connectivity index (χ3n) is 4.27. The number of amides is 1. The number of hydrogen-bond donors (Lipinski definition) is 1. The summed E-state index contributed by atoms with van der Waals surface area (Å²) in [7, 11) is 0. The Bertz CT molecular complexity index is 857. The van der Waals surface area contributed by atoms with Crippen molar-refractivity contribution in [1.82, 2.24) is 0 Å². The lowest BCUT2D eigenvalue weighted by Gasteiger charge is -2.23. The van der Waals surface area contributed by atoms with E-state index in [1.54, 1.807) is 0 Å². The lowest BCUT2D eigenvalue weighted by molar-refractivity contribution is -0.274. The number of anilines is 1. The van der Waals surface area contributed by atoms with Crippen molar-refractivity contribution in [3.63, 3.8) is 0 Å². The second-order valence-electron chi connectivity index (χ2n) is 5.88. The molecule has 2 aromatic carbocycles. The van der Waals surface area contributed by atoms with E-state index in [4.69, 9.17) is 0 Å². The first-order chi connectivity index (χ1) is 11.9. The fourth-order valence-electron chi connectivity index (χ4n) is 2.98. The predicted octanol–water partition coefficient (Wildman–Crippen LogP) is 4.86. The largest absolute Gasteiger partial charge is 0.573 e. The van der Waals surface area contributed by atoms with E-state index < -0.39 is 35.2 Å². The van der Waals surface area contributed by atoms with Crippen LogP contribution in [0.3, 0.4) is 0 Å². The van der Waals surface area contributed by atoms with Crippen LogP contribution in [0.25, 0.3) is 0 Å². The van der Waals surface area contributed by atoms with Gasteiger partial charge in [-0.25, -0.2) is 0 Å². The molecule has 1 aliphatic heterocycles. The van der Waals surface area contributed by atoms with Gasteiger partial charge in [-0.1, -0.05) is 24.3 Å². The number of para-hydroxylation sites is 1. The van der Waals surface area contributed by atoms with E-state index in [2.05, 4.69) is 10.1 Å². The molecule has 2 aromatic rings. The molecule has 3 nitrogen and oxygen atoms in total. The van der Waals surface area contributed by atoms with Gasteiger partial charge in [0.1, 0.15) is 5.75 Å². The SMILES string of the molecule is C[C@]1(c2ccc(OC(F)(F)F)cc2)C(=O)Nc2c(C(F)(F)F)cccc21. The molecule has 0 aromatic heterocycles. The number of rotatable bonds is 2. The summed E-state index contributed by atoms with van der Waals surface area (Å²) in [5.74, 6) is -1.19. The van der Waals surface area contributed by atoms with Gasteiger partial charge in [-0.15, -0.1) is 13.2 Å². The van der Waals surface area contributed by atoms with Crippen molar-refractivity contribution < 1.29 is 35.9 Å². The number of halogens is 6. The molecule has 0 aliphatic carbocycles. The number of alkyl halides is 6. The Morgan fingerprint density at radius 1 is 0.962 bits per heavy atom. The summed E-state index contributed by atoms with van der Waals surface area (Å²) < 4.78 is 80.0. The zero-order valence-electron chi connectivity index (χ0n) is 13.1. The van der Waals surface area contributed by atoms with Crippen molar-refractivity contribution in [2.24, 2.45) is 0 Å². The summed E-state index contributed by atoms with van der Waals surface area (Å²) in [5.41, 5.74) is -2.47. The Morgan fingerprint density at radius 2 is 1.58 bits per heavy atom. The monoisotopic (exact) mass is 375 g/mol. The van der Waals surface area contributed by atoms with Gasteiger partial charge in [0.05, 0.1) is 16.7 Å². The minimum atomic E-state index is -4.87. The summed E-state index contributed by atoms with van der Waals surface area (Å²) in [6, 6.07) is 7.86. The highest BCUT2D eigenvalue weighted by Crippen LogP contribution is 2.48. The quantitative estimate of drug-likeness (QED) is 0.762. The number of ether oxygens (including phenoxy) is 1. The van der Waals surface area contributed by atoms with E-state index in [0.29, 0.717) is 0 Å². The fourth-order valence-corrected chi connectivity index (χ4v) is 2.98. The summed E-state index contributed by atoms with van der Waals surface area (Å²) in [6.07, 6.45) is -9.53. The smallest absolute Gasteiger partial charge is 0.406 e. The van der Waals surface area contributed by atoms with Crippen LogP contribution in [0.4, 0.5) is 32.0 Å². The number of fused-ring (bicyclic) bond motifs is 1. The van der Waals surface area contributed by atoms with Crippen molar-refractivity contribution in [1.29, 1.82) is 0 Å². The molecule has 3 rings (SSSR count). The molecular weight excluding hydrogens is 364 g/mol. The van der Waals surface area contributed by atoms with Gasteiger partial charge >= 0.3 is 12.5 Å². The number of nitrogens with one attached hydrogen (secondary N) is 1. The van der Waals surface area contributed by atoms with Crippen LogP contribution in [0.5, 0.6) is 5.75 Å². The van der Waals surface area contributed by atoms with Crippen molar-refractivity contribution in [2.45, 2.75) is 24.9 Å². The Morgan fingerprint density at radius 3 is 2.12 bits per heavy atom. The van der Waals surface area contributed by atoms with Crippen molar-refractivity contribution in [3.05, 3.63) is 59.2 Å². The van der Waals surface area contributed by atoms with Gasteiger partial charge < -0.3 is 10.1 Å². The summed E-state index contributed by atoms with van der Waals surface area (Å²) >= 11 is 0. The van der Waals surface area contributed by atoms with Crippen LogP contribution < -0.4 is 10.1 Å². The standard InChI is InChI=1S/C17H11F6NO2/c1-15(9-5-7-10(8-6-9)26-17(21,22)23)11-3-2-4-12(16(18,19)20)13(11)24-14(15)25/h2-8H,1H3,(H,24,25)/t15-/m1/s1. The molecule has 0 bridgehead atoms. The molecule has 1 heterocycles. The van der Waals surface area contributed by atoms with Gasteiger partial charge in [-0.3, -0.25) is 4.79 Å². The molecular formula is C17H11F6NO2. The summed E-state index contributed by atoms with van der Waals surface area (Å²) in [6.45, 7) is 1.41. The van der Waals surface area contributed by atoms with Crippen LogP contribution in [-0.2, 0) is 16.4 Å². The van der Waals surface area contributed by atoms with E-state index in [0.717, 1.165) is 18.2 Å². The van der Waals surface area contributed by atoms with Gasteiger partial charge in [0.25, 0.3) is 0 Å². The molecule has 0 saturated heterocycles. The number of hydrogen-bond acceptors (Lipinski definition) is 2. The number of benzene rings is 2. The van der Waals surface area contributed by atoms with Gasteiger partial charge in [0, 0.05) is 0 Å². The predicted molar refractivity (Wildman–Crippen MR) is 79.7 cm³/mol. The van der Waals surface area contributed by atoms with Gasteiger partial charge in [-0.05, 0) is 36.2 Å². The molecule has 0 saturated carbocycles. The highest BCUT2D eigenvalue weighted by atomic mass is 19.4. The van der Waals surface area contributed by atoms with Crippen molar-refractivity contribution in [3.8, 4) is 5.75 Å². The average molecular weight is 375 g/mol. The molecule has 1 N–H and O–H groups in total. The molecule has 138 valence electrons. The van der Waals surface area contributed by atoms with E-state index >= 15 is 0 Å². The number of carbonyl (C=O) groups is 1. The zero-order chi connectivity index (χ0) is 19.3. The second kappa shape index (κ2) is 5.65. The van der Waals surface area contributed by atoms with Gasteiger partial charge in [0.15, 0.2) is 0 Å².